The van der Waals surface area contributed by atoms with Crippen molar-refractivity contribution in [3.63, 3.8) is 0 Å². The molecule has 8 nitrogen and oxygen atoms in total. The van der Waals surface area contributed by atoms with Crippen molar-refractivity contribution in [3.8, 4) is 0 Å². The van der Waals surface area contributed by atoms with Crippen LogP contribution in [0.5, 0.6) is 0 Å². The molecule has 0 fully saturated rings. The van der Waals surface area contributed by atoms with Crippen LogP contribution in [0.1, 0.15) is 43.9 Å². The van der Waals surface area contributed by atoms with Crippen molar-refractivity contribution in [2.24, 2.45) is 5.92 Å². The number of rotatable bonds is 10. The van der Waals surface area contributed by atoms with Crippen molar-refractivity contribution < 1.29 is 19.5 Å². The Kier molecular flexibility index (Phi) is 10.2. The molecule has 0 spiro atoms. The van der Waals surface area contributed by atoms with E-state index in [2.05, 4.69) is 33.6 Å². The molecule has 1 aromatic heterocycles. The third kappa shape index (κ3) is 7.71. The molecule has 1 unspecified atom stereocenters. The molecular weight excluding hydrogens is 412 g/mol. The maximum Gasteiger partial charge on any atom is 0.326 e. The number of carboxylic acid groups (broad SMARTS) is 1. The first-order valence-corrected chi connectivity index (χ1v) is 10.8. The second-order valence-corrected chi connectivity index (χ2v) is 8.21. The van der Waals surface area contributed by atoms with E-state index in [1.165, 1.54) is 17.8 Å². The third-order valence-electron chi connectivity index (χ3n) is 3.95. The SMILES string of the molecule is C/C=C(\NC(=O)c1ccc(SC)c(CNC(C)S)n1)C(=O)N[C@H](C(=O)O)C(C)C. The summed E-state index contributed by atoms with van der Waals surface area (Å²) < 4.78 is 0. The summed E-state index contributed by atoms with van der Waals surface area (Å²) in [5.41, 5.74) is 0.807. The van der Waals surface area contributed by atoms with E-state index in [-0.39, 0.29) is 22.7 Å². The molecule has 0 saturated heterocycles. The van der Waals surface area contributed by atoms with Gasteiger partial charge >= 0.3 is 5.97 Å². The van der Waals surface area contributed by atoms with Gasteiger partial charge in [0.15, 0.2) is 0 Å². The zero-order valence-corrected chi connectivity index (χ0v) is 18.9. The number of carbonyl (C=O) groups is 3. The second-order valence-electron chi connectivity index (χ2n) is 6.59. The number of carboxylic acids is 1. The van der Waals surface area contributed by atoms with Crippen LogP contribution in [0.4, 0.5) is 0 Å². The average Bonchev–Trinajstić information content (AvgIpc) is 2.67. The second kappa shape index (κ2) is 11.8. The van der Waals surface area contributed by atoms with Crippen molar-refractivity contribution in [2.45, 2.75) is 50.6 Å². The normalized spacial score (nSPS) is 13.7. The Balaban J connectivity index is 2.96. The molecule has 0 aliphatic rings. The quantitative estimate of drug-likeness (QED) is 0.163. The van der Waals surface area contributed by atoms with E-state index in [0.29, 0.717) is 12.2 Å². The first-order valence-electron chi connectivity index (χ1n) is 9.07. The molecule has 0 radical (unpaired) electrons. The van der Waals surface area contributed by atoms with Gasteiger partial charge in [0.2, 0.25) is 0 Å². The van der Waals surface area contributed by atoms with Crippen molar-refractivity contribution in [1.82, 2.24) is 20.9 Å². The fraction of sp³-hybridized carbons (Fsp3) is 0.474. The third-order valence-corrected chi connectivity index (χ3v) is 4.94. The van der Waals surface area contributed by atoms with Crippen molar-refractivity contribution >= 4 is 42.2 Å². The summed E-state index contributed by atoms with van der Waals surface area (Å²) in [6, 6.07) is 2.31. The number of pyridine rings is 1. The summed E-state index contributed by atoms with van der Waals surface area (Å²) in [7, 11) is 0. The number of thiol groups is 1. The summed E-state index contributed by atoms with van der Waals surface area (Å²) in [6.07, 6.45) is 3.33. The fourth-order valence-corrected chi connectivity index (χ4v) is 3.00. The number of hydrogen-bond donors (Lipinski definition) is 5. The van der Waals surface area contributed by atoms with Gasteiger partial charge in [0.1, 0.15) is 17.4 Å². The van der Waals surface area contributed by atoms with Gasteiger partial charge in [-0.2, -0.15) is 12.6 Å². The Hall–Kier alpha value is -2.04. The van der Waals surface area contributed by atoms with Crippen LogP contribution in [-0.4, -0.2) is 45.5 Å². The summed E-state index contributed by atoms with van der Waals surface area (Å²) in [5.74, 6) is -2.68. The van der Waals surface area contributed by atoms with Gasteiger partial charge in [0.05, 0.1) is 5.69 Å². The van der Waals surface area contributed by atoms with E-state index < -0.39 is 23.8 Å². The van der Waals surface area contributed by atoms with E-state index in [1.807, 2.05) is 13.2 Å². The van der Waals surface area contributed by atoms with Gasteiger partial charge in [0.25, 0.3) is 11.8 Å². The molecule has 29 heavy (non-hydrogen) atoms. The molecule has 0 aromatic carbocycles. The Morgan fingerprint density at radius 1 is 1.28 bits per heavy atom. The Labute approximate surface area is 180 Å². The van der Waals surface area contributed by atoms with Crippen molar-refractivity contribution in [3.05, 3.63) is 35.3 Å². The van der Waals surface area contributed by atoms with Gasteiger partial charge in [-0.25, -0.2) is 9.78 Å². The zero-order chi connectivity index (χ0) is 22.1. The van der Waals surface area contributed by atoms with Crippen LogP contribution < -0.4 is 16.0 Å². The fourth-order valence-electron chi connectivity index (χ4n) is 2.35. The first kappa shape index (κ1) is 25.0. The number of amides is 2. The monoisotopic (exact) mass is 440 g/mol. The van der Waals surface area contributed by atoms with Crippen LogP contribution in [0.2, 0.25) is 0 Å². The van der Waals surface area contributed by atoms with Crippen LogP contribution in [-0.2, 0) is 16.1 Å². The predicted octanol–water partition coefficient (Wildman–Crippen LogP) is 2.03. The van der Waals surface area contributed by atoms with Crippen LogP contribution in [0.25, 0.3) is 0 Å². The highest BCUT2D eigenvalue weighted by atomic mass is 32.2. The van der Waals surface area contributed by atoms with E-state index in [1.54, 1.807) is 32.9 Å². The molecule has 160 valence electrons. The lowest BCUT2D eigenvalue weighted by molar-refractivity contribution is -0.142. The van der Waals surface area contributed by atoms with E-state index in [0.717, 1.165) is 4.90 Å². The average molecular weight is 441 g/mol. The Morgan fingerprint density at radius 3 is 2.41 bits per heavy atom. The largest absolute Gasteiger partial charge is 0.480 e. The maximum atomic E-state index is 12.6. The highest BCUT2D eigenvalue weighted by Crippen LogP contribution is 2.19. The van der Waals surface area contributed by atoms with Crippen LogP contribution in [0.3, 0.4) is 0 Å². The number of nitrogens with zero attached hydrogens (tertiary/aromatic N) is 1. The molecule has 4 N–H and O–H groups in total. The first-order chi connectivity index (χ1) is 13.6. The highest BCUT2D eigenvalue weighted by molar-refractivity contribution is 7.98. The minimum Gasteiger partial charge on any atom is -0.480 e. The molecule has 2 amide bonds. The number of aromatic nitrogens is 1. The minimum absolute atomic E-state index is 0.0366. The summed E-state index contributed by atoms with van der Waals surface area (Å²) in [5, 5.41) is 17.3. The highest BCUT2D eigenvalue weighted by Gasteiger charge is 2.25. The molecule has 0 aliphatic heterocycles. The molecule has 0 bridgehead atoms. The topological polar surface area (TPSA) is 120 Å². The number of thioether (sulfide) groups is 1. The lowest BCUT2D eigenvalue weighted by Gasteiger charge is -2.19. The van der Waals surface area contributed by atoms with Crippen LogP contribution >= 0.6 is 24.4 Å². The predicted molar refractivity (Wildman–Crippen MR) is 117 cm³/mol. The molecular formula is C19H28N4O4S2. The van der Waals surface area contributed by atoms with Crippen LogP contribution in [0.15, 0.2) is 28.8 Å². The summed E-state index contributed by atoms with van der Waals surface area (Å²) in [6.45, 7) is 7.27. The molecule has 10 heteroatoms. The van der Waals surface area contributed by atoms with Gasteiger partial charge < -0.3 is 21.1 Å². The van der Waals surface area contributed by atoms with Crippen molar-refractivity contribution in [1.29, 1.82) is 0 Å². The van der Waals surface area contributed by atoms with Crippen LogP contribution in [0, 0.1) is 5.92 Å². The Bertz CT molecular complexity index is 781. The zero-order valence-electron chi connectivity index (χ0n) is 17.1. The number of aliphatic carboxylic acids is 1. The summed E-state index contributed by atoms with van der Waals surface area (Å²) in [4.78, 5) is 41.6. The number of hydrogen-bond acceptors (Lipinski definition) is 7. The lowest BCUT2D eigenvalue weighted by Crippen LogP contribution is -2.47. The minimum atomic E-state index is -1.14. The van der Waals surface area contributed by atoms with Gasteiger partial charge in [-0.15, -0.1) is 11.8 Å². The summed E-state index contributed by atoms with van der Waals surface area (Å²) >= 11 is 5.79. The molecule has 0 saturated carbocycles. The van der Waals surface area contributed by atoms with E-state index >= 15 is 0 Å². The smallest absolute Gasteiger partial charge is 0.326 e. The molecule has 1 aromatic rings. The number of carbonyl (C=O) groups excluding carboxylic acids is 2. The molecule has 2 atom stereocenters. The number of allylic oxidation sites excluding steroid dienone is 1. The van der Waals surface area contributed by atoms with Gasteiger partial charge in [0, 0.05) is 16.8 Å². The standard InChI is InChI=1S/C19H28N4O4S2/c1-6-12(17(24)23-16(10(2)3)19(26)27)22-18(25)13-7-8-15(29-5)14(21-13)9-20-11(4)28/h6-8,10-11,16,20,28H,9H2,1-5H3,(H,22,25)(H,23,24)(H,26,27)/b12-6-/t11?,16-/m0/s1. The maximum absolute atomic E-state index is 12.6. The van der Waals surface area contributed by atoms with Gasteiger partial charge in [-0.1, -0.05) is 19.9 Å². The molecule has 0 aliphatic carbocycles. The van der Waals surface area contributed by atoms with Gasteiger partial charge in [-0.05, 0) is 38.2 Å². The molecule has 1 heterocycles. The number of nitrogens with one attached hydrogen (secondary N) is 3. The van der Waals surface area contributed by atoms with Gasteiger partial charge in [-0.3, -0.25) is 9.59 Å². The lowest BCUT2D eigenvalue weighted by atomic mass is 10.0. The van der Waals surface area contributed by atoms with Crippen molar-refractivity contribution in [2.75, 3.05) is 6.26 Å². The molecule has 1 rings (SSSR count). The Morgan fingerprint density at radius 2 is 1.93 bits per heavy atom. The van der Waals surface area contributed by atoms with E-state index in [4.69, 9.17) is 0 Å². The van der Waals surface area contributed by atoms with E-state index in [9.17, 15) is 19.5 Å².